The molecule has 2 fully saturated rings. The Morgan fingerprint density at radius 2 is 1.90 bits per heavy atom. The Hall–Kier alpha value is -4.20. The smallest absolute Gasteiger partial charge is 0.251 e. The van der Waals surface area contributed by atoms with Crippen molar-refractivity contribution in [1.29, 1.82) is 5.26 Å². The van der Waals surface area contributed by atoms with Crippen molar-refractivity contribution in [2.45, 2.75) is 38.4 Å². The Bertz CT molecular complexity index is 1410. The first-order valence-electron chi connectivity index (χ1n) is 13.9. The van der Waals surface area contributed by atoms with Gasteiger partial charge in [0.25, 0.3) is 5.91 Å². The van der Waals surface area contributed by atoms with E-state index < -0.39 is 6.10 Å². The van der Waals surface area contributed by atoms with E-state index in [1.165, 1.54) is 6.92 Å². The van der Waals surface area contributed by atoms with Crippen molar-refractivity contribution in [3.8, 4) is 28.8 Å². The number of anilines is 1. The molecule has 41 heavy (non-hydrogen) atoms. The summed E-state index contributed by atoms with van der Waals surface area (Å²) >= 11 is 0. The Morgan fingerprint density at radius 1 is 1.12 bits per heavy atom. The molecule has 0 saturated carbocycles. The van der Waals surface area contributed by atoms with Gasteiger partial charge in [-0.15, -0.1) is 0 Å². The molecule has 3 aromatic rings. The number of hydrogen-bond acceptors (Lipinski definition) is 9. The van der Waals surface area contributed by atoms with Crippen molar-refractivity contribution in [3.63, 3.8) is 0 Å². The summed E-state index contributed by atoms with van der Waals surface area (Å²) in [6.07, 6.45) is 2.43. The minimum atomic E-state index is -1.00. The number of nitrogens with zero attached hydrogens (tertiary/aromatic N) is 5. The van der Waals surface area contributed by atoms with Gasteiger partial charge >= 0.3 is 0 Å². The van der Waals surface area contributed by atoms with Crippen molar-refractivity contribution in [3.05, 3.63) is 65.6 Å². The molecular formula is C31H35N5O5. The SMILES string of the molecule is COc1cc(Cc2nccc(-c3ccc(OC4CCN(C(=O)[C@H](C)O)CC4)c(C#N)c3)n2)ccc1N1CCOCC1. The van der Waals surface area contributed by atoms with Crippen LogP contribution >= 0.6 is 0 Å². The minimum absolute atomic E-state index is 0.108. The van der Waals surface area contributed by atoms with Crippen LogP contribution in [-0.4, -0.2) is 84.6 Å². The third kappa shape index (κ3) is 6.76. The molecule has 3 heterocycles. The van der Waals surface area contributed by atoms with Crippen LogP contribution in [0.4, 0.5) is 5.69 Å². The molecule has 0 unspecified atom stereocenters. The molecule has 1 amide bonds. The second-order valence-electron chi connectivity index (χ2n) is 10.3. The van der Waals surface area contributed by atoms with E-state index >= 15 is 0 Å². The maximum absolute atomic E-state index is 12.0. The molecule has 214 valence electrons. The molecule has 2 aromatic carbocycles. The number of likely N-dealkylation sites (tertiary alicyclic amines) is 1. The van der Waals surface area contributed by atoms with Crippen LogP contribution in [0.25, 0.3) is 11.3 Å². The highest BCUT2D eigenvalue weighted by atomic mass is 16.5. The second-order valence-corrected chi connectivity index (χ2v) is 10.3. The number of carbonyl (C=O) groups is 1. The number of methoxy groups -OCH3 is 1. The molecule has 2 aliphatic heterocycles. The molecule has 2 saturated heterocycles. The van der Waals surface area contributed by atoms with E-state index in [-0.39, 0.29) is 12.0 Å². The topological polar surface area (TPSA) is 121 Å². The lowest BCUT2D eigenvalue weighted by atomic mass is 10.0. The highest BCUT2D eigenvalue weighted by Crippen LogP contribution is 2.31. The van der Waals surface area contributed by atoms with Crippen LogP contribution in [0.3, 0.4) is 0 Å². The number of amides is 1. The van der Waals surface area contributed by atoms with Crippen molar-refractivity contribution >= 4 is 11.6 Å². The van der Waals surface area contributed by atoms with E-state index in [1.54, 1.807) is 30.3 Å². The summed E-state index contributed by atoms with van der Waals surface area (Å²) in [5, 5.41) is 19.4. The number of carbonyl (C=O) groups excluding carboxylic acids is 1. The summed E-state index contributed by atoms with van der Waals surface area (Å²) in [6, 6.07) is 15.8. The van der Waals surface area contributed by atoms with Crippen LogP contribution in [0, 0.1) is 11.3 Å². The number of aliphatic hydroxyl groups excluding tert-OH is 1. The quantitative estimate of drug-likeness (QED) is 0.445. The first kappa shape index (κ1) is 28.3. The van der Waals surface area contributed by atoms with Gasteiger partial charge < -0.3 is 29.1 Å². The lowest BCUT2D eigenvalue weighted by Gasteiger charge is -2.33. The highest BCUT2D eigenvalue weighted by molar-refractivity contribution is 5.80. The predicted octanol–water partition coefficient (Wildman–Crippen LogP) is 3.20. The van der Waals surface area contributed by atoms with Crippen molar-refractivity contribution in [1.82, 2.24) is 14.9 Å². The van der Waals surface area contributed by atoms with Gasteiger partial charge in [-0.1, -0.05) is 6.07 Å². The van der Waals surface area contributed by atoms with E-state index in [0.717, 1.165) is 41.3 Å². The monoisotopic (exact) mass is 557 g/mol. The third-order valence-electron chi connectivity index (χ3n) is 7.46. The standard InChI is InChI=1S/C31H35N5O5/c1-21(37)31(38)36-11-8-25(9-12-36)41-28-6-4-23(19-24(28)20-32)26-7-10-33-30(34-26)18-22-3-5-27(29(17-22)39-2)35-13-15-40-16-14-35/h3-7,10,17,19,21,25,37H,8-9,11-16,18H2,1-2H3/t21-/m0/s1. The van der Waals surface area contributed by atoms with Gasteiger partial charge in [0, 0.05) is 57.2 Å². The summed E-state index contributed by atoms with van der Waals surface area (Å²) in [7, 11) is 1.68. The van der Waals surface area contributed by atoms with E-state index in [0.29, 0.717) is 62.7 Å². The maximum atomic E-state index is 12.0. The lowest BCUT2D eigenvalue weighted by molar-refractivity contribution is -0.141. The van der Waals surface area contributed by atoms with Gasteiger partial charge in [0.1, 0.15) is 35.6 Å². The van der Waals surface area contributed by atoms with Gasteiger partial charge in [-0.25, -0.2) is 9.97 Å². The van der Waals surface area contributed by atoms with E-state index in [4.69, 9.17) is 19.2 Å². The minimum Gasteiger partial charge on any atom is -0.495 e. The Kier molecular flexibility index (Phi) is 8.97. The fourth-order valence-electron chi connectivity index (χ4n) is 5.24. The number of aromatic nitrogens is 2. The van der Waals surface area contributed by atoms with Crippen LogP contribution in [0.5, 0.6) is 11.5 Å². The molecule has 1 N–H and O–H groups in total. The number of hydrogen-bond donors (Lipinski definition) is 1. The second kappa shape index (κ2) is 13.0. The molecule has 0 spiro atoms. The fraction of sp³-hybridized carbons (Fsp3) is 0.419. The molecule has 0 aliphatic carbocycles. The zero-order chi connectivity index (χ0) is 28.8. The molecular weight excluding hydrogens is 522 g/mol. The van der Waals surface area contributed by atoms with Gasteiger partial charge in [0.2, 0.25) is 0 Å². The average Bonchev–Trinajstić information content (AvgIpc) is 3.01. The Labute approximate surface area is 240 Å². The number of nitriles is 1. The lowest BCUT2D eigenvalue weighted by Crippen LogP contribution is -2.45. The summed E-state index contributed by atoms with van der Waals surface area (Å²) in [5.74, 6) is 1.73. The number of ether oxygens (including phenoxy) is 3. The number of morpholine rings is 1. The van der Waals surface area contributed by atoms with Crippen LogP contribution < -0.4 is 14.4 Å². The van der Waals surface area contributed by atoms with Crippen molar-refractivity contribution in [2.75, 3.05) is 51.4 Å². The first-order valence-corrected chi connectivity index (χ1v) is 13.9. The van der Waals surface area contributed by atoms with E-state index in [1.807, 2.05) is 18.2 Å². The normalized spacial score (nSPS) is 16.6. The Morgan fingerprint density at radius 3 is 2.61 bits per heavy atom. The van der Waals surface area contributed by atoms with Crippen molar-refractivity contribution < 1.29 is 24.1 Å². The number of piperidine rings is 1. The summed E-state index contributed by atoms with van der Waals surface area (Å²) < 4.78 is 17.3. The van der Waals surface area contributed by atoms with Crippen LogP contribution in [0.2, 0.25) is 0 Å². The van der Waals surface area contributed by atoms with Crippen molar-refractivity contribution in [2.24, 2.45) is 0 Å². The Balaban J connectivity index is 1.27. The summed E-state index contributed by atoms with van der Waals surface area (Å²) in [4.78, 5) is 25.2. The molecule has 0 bridgehead atoms. The largest absolute Gasteiger partial charge is 0.495 e. The number of aliphatic hydroxyl groups is 1. The van der Waals surface area contributed by atoms with Crippen LogP contribution in [0.15, 0.2) is 48.7 Å². The molecule has 10 heteroatoms. The molecule has 10 nitrogen and oxygen atoms in total. The highest BCUT2D eigenvalue weighted by Gasteiger charge is 2.26. The van der Waals surface area contributed by atoms with E-state index in [9.17, 15) is 15.2 Å². The summed E-state index contributed by atoms with van der Waals surface area (Å²) in [6.45, 7) is 5.59. The fourth-order valence-corrected chi connectivity index (χ4v) is 5.24. The third-order valence-corrected chi connectivity index (χ3v) is 7.46. The molecule has 1 aromatic heterocycles. The van der Waals surface area contributed by atoms with Gasteiger partial charge in [0.15, 0.2) is 0 Å². The maximum Gasteiger partial charge on any atom is 0.251 e. The molecule has 5 rings (SSSR count). The van der Waals surface area contributed by atoms with Gasteiger partial charge in [-0.05, 0) is 48.9 Å². The number of rotatable bonds is 8. The van der Waals surface area contributed by atoms with Crippen LogP contribution in [0.1, 0.15) is 36.7 Å². The van der Waals surface area contributed by atoms with Crippen LogP contribution in [-0.2, 0) is 16.0 Å². The average molecular weight is 558 g/mol. The van der Waals surface area contributed by atoms with Gasteiger partial charge in [-0.2, -0.15) is 5.26 Å². The van der Waals surface area contributed by atoms with Gasteiger partial charge in [0.05, 0.1) is 37.3 Å². The summed E-state index contributed by atoms with van der Waals surface area (Å²) in [5.41, 5.74) is 4.04. The molecule has 2 aliphatic rings. The van der Waals surface area contributed by atoms with Gasteiger partial charge in [-0.3, -0.25) is 4.79 Å². The molecule has 1 atom stereocenters. The number of benzene rings is 2. The predicted molar refractivity (Wildman–Crippen MR) is 153 cm³/mol. The zero-order valence-electron chi connectivity index (χ0n) is 23.5. The first-order chi connectivity index (χ1) is 19.9. The zero-order valence-corrected chi connectivity index (χ0v) is 23.5. The van der Waals surface area contributed by atoms with E-state index in [2.05, 4.69) is 28.1 Å². The molecule has 0 radical (unpaired) electrons.